The molecule has 32 heavy (non-hydrogen) atoms. The molecular formula is C23H21N5O3S. The Morgan fingerprint density at radius 1 is 1.28 bits per heavy atom. The van der Waals surface area contributed by atoms with E-state index < -0.39 is 6.09 Å². The molecule has 162 valence electrons. The minimum Gasteiger partial charge on any atom is -0.443 e. The van der Waals surface area contributed by atoms with Crippen molar-refractivity contribution in [2.24, 2.45) is 0 Å². The number of carbonyl (C=O) groups is 2. The van der Waals surface area contributed by atoms with Gasteiger partial charge in [-0.25, -0.2) is 4.79 Å². The molecule has 0 atom stereocenters. The third-order valence-electron chi connectivity index (χ3n) is 5.14. The van der Waals surface area contributed by atoms with Crippen molar-refractivity contribution in [3.63, 3.8) is 0 Å². The number of amides is 2. The highest BCUT2D eigenvalue weighted by atomic mass is 32.1. The van der Waals surface area contributed by atoms with Gasteiger partial charge in [0.15, 0.2) is 0 Å². The third-order valence-corrected chi connectivity index (χ3v) is 6.34. The molecule has 3 aromatic heterocycles. The first kappa shape index (κ1) is 21.5. The normalized spacial score (nSPS) is 12.6. The number of ether oxygens (including phenoxy) is 1. The van der Waals surface area contributed by atoms with Crippen LogP contribution >= 0.6 is 11.3 Å². The largest absolute Gasteiger partial charge is 0.443 e. The Labute approximate surface area is 189 Å². The summed E-state index contributed by atoms with van der Waals surface area (Å²) in [6.07, 6.45) is 5.27. The van der Waals surface area contributed by atoms with E-state index >= 15 is 0 Å². The predicted octanol–water partition coefficient (Wildman–Crippen LogP) is 4.18. The molecule has 4 rings (SSSR count). The molecule has 0 unspecified atom stereocenters. The van der Waals surface area contributed by atoms with Crippen LogP contribution in [0, 0.1) is 11.3 Å². The van der Waals surface area contributed by atoms with E-state index in [1.54, 1.807) is 59.6 Å². The van der Waals surface area contributed by atoms with Gasteiger partial charge in [-0.05, 0) is 36.2 Å². The highest BCUT2D eigenvalue weighted by Gasteiger charge is 2.31. The summed E-state index contributed by atoms with van der Waals surface area (Å²) < 4.78 is 5.41. The zero-order valence-corrected chi connectivity index (χ0v) is 18.3. The van der Waals surface area contributed by atoms with Gasteiger partial charge in [-0.3, -0.25) is 19.7 Å². The van der Waals surface area contributed by atoms with Gasteiger partial charge in [-0.1, -0.05) is 13.0 Å². The Hall–Kier alpha value is -3.77. The second kappa shape index (κ2) is 9.58. The molecule has 0 saturated heterocycles. The fourth-order valence-electron chi connectivity index (χ4n) is 3.55. The molecule has 0 spiro atoms. The second-order valence-electron chi connectivity index (χ2n) is 7.14. The fraction of sp³-hybridized carbons (Fsp3) is 0.261. The van der Waals surface area contributed by atoms with Crippen molar-refractivity contribution in [1.82, 2.24) is 14.9 Å². The van der Waals surface area contributed by atoms with Crippen molar-refractivity contribution in [2.45, 2.75) is 32.9 Å². The number of fused-ring (bicyclic) bond motifs is 1. The maximum absolute atomic E-state index is 12.8. The van der Waals surface area contributed by atoms with Crippen LogP contribution in [0.15, 0.2) is 48.9 Å². The zero-order valence-electron chi connectivity index (χ0n) is 17.5. The lowest BCUT2D eigenvalue weighted by Crippen LogP contribution is -2.35. The first-order valence-corrected chi connectivity index (χ1v) is 11.0. The molecule has 0 bridgehead atoms. The summed E-state index contributed by atoms with van der Waals surface area (Å²) in [4.78, 5) is 37.7. The lowest BCUT2D eigenvalue weighted by atomic mass is 10.0. The van der Waals surface area contributed by atoms with E-state index in [4.69, 9.17) is 4.74 Å². The molecule has 0 fully saturated rings. The second-order valence-corrected chi connectivity index (χ2v) is 8.22. The lowest BCUT2D eigenvalue weighted by molar-refractivity contribution is -0.117. The van der Waals surface area contributed by atoms with Crippen LogP contribution in [-0.2, 0) is 29.1 Å². The van der Waals surface area contributed by atoms with Gasteiger partial charge in [0.25, 0.3) is 0 Å². The van der Waals surface area contributed by atoms with Gasteiger partial charge in [0.05, 0.1) is 29.7 Å². The molecule has 8 nitrogen and oxygen atoms in total. The molecule has 4 heterocycles. The van der Waals surface area contributed by atoms with E-state index in [9.17, 15) is 14.9 Å². The Bertz CT molecular complexity index is 1160. The number of carbonyl (C=O) groups excluding carboxylic acids is 2. The number of hydrogen-bond donors (Lipinski definition) is 0. The van der Waals surface area contributed by atoms with E-state index in [0.29, 0.717) is 41.5 Å². The zero-order chi connectivity index (χ0) is 22.5. The maximum atomic E-state index is 12.8. The van der Waals surface area contributed by atoms with Crippen LogP contribution in [0.2, 0.25) is 0 Å². The van der Waals surface area contributed by atoms with Crippen LogP contribution in [0.5, 0.6) is 0 Å². The van der Waals surface area contributed by atoms with E-state index in [-0.39, 0.29) is 18.9 Å². The summed E-state index contributed by atoms with van der Waals surface area (Å²) in [5, 5.41) is 10.5. The fourth-order valence-corrected chi connectivity index (χ4v) is 4.90. The number of aromatic nitrogens is 2. The minimum absolute atomic E-state index is 0.0992. The Morgan fingerprint density at radius 3 is 2.84 bits per heavy atom. The molecule has 1 aliphatic heterocycles. The van der Waals surface area contributed by atoms with Gasteiger partial charge < -0.3 is 9.64 Å². The van der Waals surface area contributed by atoms with E-state index in [0.717, 1.165) is 10.4 Å². The molecule has 9 heteroatoms. The summed E-state index contributed by atoms with van der Waals surface area (Å²) >= 11 is 1.36. The summed E-state index contributed by atoms with van der Waals surface area (Å²) in [5.74, 6) is -0.125. The minimum atomic E-state index is -0.427. The van der Waals surface area contributed by atoms with Crippen molar-refractivity contribution in [3.05, 3.63) is 70.6 Å². The van der Waals surface area contributed by atoms with E-state index in [1.165, 1.54) is 11.3 Å². The Morgan fingerprint density at radius 2 is 2.16 bits per heavy atom. The molecule has 0 saturated carbocycles. The first-order valence-electron chi connectivity index (χ1n) is 10.2. The van der Waals surface area contributed by atoms with Gasteiger partial charge >= 0.3 is 6.09 Å². The van der Waals surface area contributed by atoms with Crippen molar-refractivity contribution < 1.29 is 14.3 Å². The van der Waals surface area contributed by atoms with Gasteiger partial charge in [-0.2, -0.15) is 5.26 Å². The number of nitriles is 1. The predicted molar refractivity (Wildman–Crippen MR) is 119 cm³/mol. The van der Waals surface area contributed by atoms with Crippen LogP contribution in [0.25, 0.3) is 0 Å². The lowest BCUT2D eigenvalue weighted by Gasteiger charge is -2.26. The highest BCUT2D eigenvalue weighted by molar-refractivity contribution is 7.16. The number of thiophene rings is 1. The standard InChI is InChI=1S/C23H21N5O3S/c1-2-21(29)28(17-7-5-9-25-13-17)22-19(12-24)18-8-11-27(14-20(18)32-22)23(30)31-15-16-6-3-4-10-26-16/h3-7,9-10,13H,2,8,11,14-15H2,1H3. The first-order chi connectivity index (χ1) is 15.6. The van der Waals surface area contributed by atoms with Gasteiger partial charge in [0.1, 0.15) is 17.7 Å². The van der Waals surface area contributed by atoms with Crippen molar-refractivity contribution >= 4 is 34.0 Å². The monoisotopic (exact) mass is 447 g/mol. The molecule has 3 aromatic rings. The van der Waals surface area contributed by atoms with Crippen LogP contribution in [0.3, 0.4) is 0 Å². The van der Waals surface area contributed by atoms with Crippen LogP contribution in [0.1, 0.15) is 35.0 Å². The highest BCUT2D eigenvalue weighted by Crippen LogP contribution is 2.42. The quantitative estimate of drug-likeness (QED) is 0.582. The topological polar surface area (TPSA) is 99.4 Å². The average Bonchev–Trinajstić information content (AvgIpc) is 3.21. The Kier molecular flexibility index (Phi) is 6.42. The number of anilines is 2. The van der Waals surface area contributed by atoms with Crippen molar-refractivity contribution in [3.8, 4) is 6.07 Å². The maximum Gasteiger partial charge on any atom is 0.410 e. The Balaban J connectivity index is 1.58. The van der Waals surface area contributed by atoms with Crippen LogP contribution in [-0.4, -0.2) is 33.4 Å². The number of nitrogens with zero attached hydrogens (tertiary/aromatic N) is 5. The summed E-state index contributed by atoms with van der Waals surface area (Å²) in [7, 11) is 0. The van der Waals surface area contributed by atoms with E-state index in [1.807, 2.05) is 6.07 Å². The molecule has 0 aliphatic carbocycles. The molecule has 0 aromatic carbocycles. The average molecular weight is 448 g/mol. The van der Waals surface area contributed by atoms with Crippen LogP contribution in [0.4, 0.5) is 15.5 Å². The summed E-state index contributed by atoms with van der Waals surface area (Å²) in [6, 6.07) is 11.3. The van der Waals surface area contributed by atoms with Crippen molar-refractivity contribution in [1.29, 1.82) is 5.26 Å². The molecular weight excluding hydrogens is 426 g/mol. The smallest absolute Gasteiger partial charge is 0.410 e. The number of pyridine rings is 2. The SMILES string of the molecule is CCC(=O)N(c1cccnc1)c1sc2c(c1C#N)CCN(C(=O)OCc1ccccn1)C2. The van der Waals surface area contributed by atoms with Crippen LogP contribution < -0.4 is 4.90 Å². The molecule has 0 radical (unpaired) electrons. The number of rotatable bonds is 5. The molecule has 0 N–H and O–H groups in total. The van der Waals surface area contributed by atoms with Gasteiger partial charge in [-0.15, -0.1) is 11.3 Å². The van der Waals surface area contributed by atoms with Gasteiger partial charge in [0.2, 0.25) is 5.91 Å². The summed E-state index contributed by atoms with van der Waals surface area (Å²) in [5.41, 5.74) is 2.66. The number of hydrogen-bond acceptors (Lipinski definition) is 7. The van der Waals surface area contributed by atoms with Gasteiger partial charge in [0, 0.05) is 30.2 Å². The van der Waals surface area contributed by atoms with Crippen molar-refractivity contribution in [2.75, 3.05) is 11.4 Å². The third kappa shape index (κ3) is 4.31. The summed E-state index contributed by atoms with van der Waals surface area (Å²) in [6.45, 7) is 2.65. The molecule has 2 amide bonds. The molecule has 1 aliphatic rings. The van der Waals surface area contributed by atoms with E-state index in [2.05, 4.69) is 16.0 Å².